The van der Waals surface area contributed by atoms with Crippen LogP contribution in [0.3, 0.4) is 0 Å². The van der Waals surface area contributed by atoms with Crippen LogP contribution < -0.4 is 10.6 Å². The van der Waals surface area contributed by atoms with Crippen LogP contribution in [0.15, 0.2) is 0 Å². The van der Waals surface area contributed by atoms with Gasteiger partial charge in [-0.1, -0.05) is 11.3 Å². The predicted octanol–water partition coefficient (Wildman–Crippen LogP) is 1.37. The highest BCUT2D eigenvalue weighted by Crippen LogP contribution is 2.23. The molecule has 0 spiro atoms. The summed E-state index contributed by atoms with van der Waals surface area (Å²) in [6, 6.07) is -0.805. The van der Waals surface area contributed by atoms with Gasteiger partial charge >= 0.3 is 11.9 Å². The Kier molecular flexibility index (Phi) is 9.79. The van der Waals surface area contributed by atoms with E-state index in [1.807, 2.05) is 6.26 Å². The number of esters is 2. The number of aromatic nitrogens is 1. The second kappa shape index (κ2) is 11.5. The van der Waals surface area contributed by atoms with E-state index in [2.05, 4.69) is 15.6 Å². The number of ether oxygens (including phenoxy) is 2. The van der Waals surface area contributed by atoms with Crippen molar-refractivity contribution in [1.29, 1.82) is 0 Å². The summed E-state index contributed by atoms with van der Waals surface area (Å²) in [5.41, 5.74) is 0.438. The first-order valence-corrected chi connectivity index (χ1v) is 10.4. The van der Waals surface area contributed by atoms with Crippen LogP contribution in [0.2, 0.25) is 0 Å². The van der Waals surface area contributed by atoms with E-state index in [0.29, 0.717) is 22.7 Å². The van der Waals surface area contributed by atoms with Crippen molar-refractivity contribution in [1.82, 2.24) is 10.3 Å². The molecule has 2 N–H and O–H groups in total. The first kappa shape index (κ1) is 22.9. The van der Waals surface area contributed by atoms with Gasteiger partial charge in [0.05, 0.1) is 12.3 Å². The monoisotopic (exact) mass is 417 g/mol. The molecule has 0 aliphatic carbocycles. The molecule has 0 fully saturated rings. The number of carbonyl (C=O) groups is 4. The van der Waals surface area contributed by atoms with E-state index in [1.54, 1.807) is 13.8 Å². The van der Waals surface area contributed by atoms with Crippen molar-refractivity contribution in [3.05, 3.63) is 10.6 Å². The Morgan fingerprint density at radius 3 is 2.56 bits per heavy atom. The van der Waals surface area contributed by atoms with E-state index >= 15 is 0 Å². The lowest BCUT2D eigenvalue weighted by atomic mass is 10.2. The highest BCUT2D eigenvalue weighted by Gasteiger charge is 2.22. The summed E-state index contributed by atoms with van der Waals surface area (Å²) >= 11 is 2.51. The summed E-state index contributed by atoms with van der Waals surface area (Å²) in [7, 11) is 0. The summed E-state index contributed by atoms with van der Waals surface area (Å²) in [5, 5.41) is 5.18. The third-order valence-electron chi connectivity index (χ3n) is 3.12. The minimum absolute atomic E-state index is 0.206. The van der Waals surface area contributed by atoms with E-state index in [-0.39, 0.29) is 17.6 Å². The van der Waals surface area contributed by atoms with Gasteiger partial charge in [0, 0.05) is 6.92 Å². The molecule has 9 nitrogen and oxygen atoms in total. The molecule has 1 atom stereocenters. The number of thiazole rings is 1. The van der Waals surface area contributed by atoms with E-state index in [1.165, 1.54) is 18.7 Å². The van der Waals surface area contributed by atoms with Crippen molar-refractivity contribution in [2.45, 2.75) is 33.2 Å². The minimum atomic E-state index is -0.805. The molecule has 0 saturated heterocycles. The number of amides is 2. The average Bonchev–Trinajstić information content (AvgIpc) is 2.96. The van der Waals surface area contributed by atoms with Crippen LogP contribution in [0.1, 0.15) is 35.6 Å². The molecule has 1 unspecified atom stereocenters. The largest absolute Gasteiger partial charge is 0.462 e. The Balaban J connectivity index is 2.58. The van der Waals surface area contributed by atoms with Crippen LogP contribution in [0.4, 0.5) is 5.13 Å². The van der Waals surface area contributed by atoms with Gasteiger partial charge in [0.25, 0.3) is 5.91 Å². The molecule has 0 radical (unpaired) electrons. The van der Waals surface area contributed by atoms with Gasteiger partial charge < -0.3 is 14.8 Å². The topological polar surface area (TPSA) is 124 Å². The van der Waals surface area contributed by atoms with E-state index < -0.39 is 30.5 Å². The van der Waals surface area contributed by atoms with Crippen LogP contribution in [-0.2, 0) is 23.9 Å². The molecule has 1 heterocycles. The molecule has 0 aromatic carbocycles. The maximum Gasteiger partial charge on any atom is 0.350 e. The summed E-state index contributed by atoms with van der Waals surface area (Å²) in [6.45, 7) is 4.33. The van der Waals surface area contributed by atoms with Gasteiger partial charge in [0.1, 0.15) is 10.9 Å². The van der Waals surface area contributed by atoms with Gasteiger partial charge in [0.2, 0.25) is 5.91 Å². The average molecular weight is 418 g/mol. The van der Waals surface area contributed by atoms with E-state index in [9.17, 15) is 19.2 Å². The first-order chi connectivity index (χ1) is 12.8. The van der Waals surface area contributed by atoms with Crippen LogP contribution in [-0.4, -0.2) is 60.0 Å². The molecule has 0 bridgehead atoms. The SMILES string of the molecule is CCOC(=O)c1sc(NC(=O)COC(=O)C(CCSC)NC(C)=O)nc1C. The van der Waals surface area contributed by atoms with Crippen molar-refractivity contribution >= 4 is 52.0 Å². The van der Waals surface area contributed by atoms with Crippen molar-refractivity contribution in [2.75, 3.05) is 30.5 Å². The van der Waals surface area contributed by atoms with Crippen molar-refractivity contribution in [3.8, 4) is 0 Å². The standard InChI is InChI=1S/C16H23N3O6S2/c1-5-24-15(23)13-9(2)17-16(27-13)19-12(21)8-25-14(22)11(6-7-26-4)18-10(3)20/h11H,5-8H2,1-4H3,(H,18,20)(H,17,19,21). The number of anilines is 1. The lowest BCUT2D eigenvalue weighted by Crippen LogP contribution is -2.42. The maximum atomic E-state index is 12.1. The molecular formula is C16H23N3O6S2. The number of aryl methyl sites for hydroxylation is 1. The van der Waals surface area contributed by atoms with Crippen molar-refractivity contribution in [3.63, 3.8) is 0 Å². The number of hydrogen-bond acceptors (Lipinski definition) is 9. The first-order valence-electron chi connectivity index (χ1n) is 8.15. The second-order valence-corrected chi connectivity index (χ2v) is 7.33. The molecule has 0 aliphatic heterocycles. The number of nitrogens with one attached hydrogen (secondary N) is 2. The van der Waals surface area contributed by atoms with Crippen LogP contribution >= 0.6 is 23.1 Å². The van der Waals surface area contributed by atoms with Gasteiger partial charge in [-0.15, -0.1) is 0 Å². The molecule has 11 heteroatoms. The minimum Gasteiger partial charge on any atom is -0.462 e. The third kappa shape index (κ3) is 7.95. The van der Waals surface area contributed by atoms with Crippen LogP contribution in [0.5, 0.6) is 0 Å². The molecular weight excluding hydrogens is 394 g/mol. The molecule has 1 aromatic heterocycles. The van der Waals surface area contributed by atoms with Gasteiger partial charge in [-0.25, -0.2) is 14.6 Å². The predicted molar refractivity (Wildman–Crippen MR) is 103 cm³/mol. The number of nitrogens with zero attached hydrogens (tertiary/aromatic N) is 1. The lowest BCUT2D eigenvalue weighted by molar-refractivity contribution is -0.150. The Morgan fingerprint density at radius 2 is 1.96 bits per heavy atom. The van der Waals surface area contributed by atoms with Crippen molar-refractivity contribution in [2.24, 2.45) is 0 Å². The Labute approximate surface area is 165 Å². The zero-order valence-electron chi connectivity index (χ0n) is 15.6. The lowest BCUT2D eigenvalue weighted by Gasteiger charge is -2.16. The fourth-order valence-electron chi connectivity index (χ4n) is 1.96. The highest BCUT2D eigenvalue weighted by atomic mass is 32.2. The third-order valence-corrected chi connectivity index (χ3v) is 4.82. The second-order valence-electron chi connectivity index (χ2n) is 5.34. The van der Waals surface area contributed by atoms with E-state index in [4.69, 9.17) is 9.47 Å². The number of thioether (sulfide) groups is 1. The van der Waals surface area contributed by atoms with Gasteiger partial charge in [-0.3, -0.25) is 14.9 Å². The molecule has 1 rings (SSSR count). The van der Waals surface area contributed by atoms with Crippen molar-refractivity contribution < 1.29 is 28.7 Å². The molecule has 150 valence electrons. The number of carbonyl (C=O) groups excluding carboxylic acids is 4. The fourth-order valence-corrected chi connectivity index (χ4v) is 3.31. The molecule has 2 amide bonds. The summed E-state index contributed by atoms with van der Waals surface area (Å²) in [4.78, 5) is 51.3. The fraction of sp³-hybridized carbons (Fsp3) is 0.562. The Morgan fingerprint density at radius 1 is 1.26 bits per heavy atom. The Bertz CT molecular complexity index is 692. The van der Waals surface area contributed by atoms with E-state index in [0.717, 1.165) is 11.3 Å². The molecule has 0 saturated carbocycles. The number of rotatable bonds is 10. The normalized spacial score (nSPS) is 11.4. The smallest absolute Gasteiger partial charge is 0.350 e. The van der Waals surface area contributed by atoms with Crippen LogP contribution in [0.25, 0.3) is 0 Å². The number of hydrogen-bond donors (Lipinski definition) is 2. The summed E-state index contributed by atoms with van der Waals surface area (Å²) in [6.07, 6.45) is 2.28. The molecule has 1 aromatic rings. The van der Waals surface area contributed by atoms with Gasteiger partial charge in [-0.05, 0) is 32.3 Å². The molecule has 0 aliphatic rings. The van der Waals surface area contributed by atoms with Gasteiger partial charge in [0.15, 0.2) is 11.7 Å². The zero-order chi connectivity index (χ0) is 20.4. The molecule has 27 heavy (non-hydrogen) atoms. The Hall–Kier alpha value is -2.14. The summed E-state index contributed by atoms with van der Waals surface area (Å²) < 4.78 is 9.88. The maximum absolute atomic E-state index is 12.1. The zero-order valence-corrected chi connectivity index (χ0v) is 17.3. The highest BCUT2D eigenvalue weighted by molar-refractivity contribution is 7.98. The summed E-state index contributed by atoms with van der Waals surface area (Å²) in [5.74, 6) is -1.49. The quantitative estimate of drug-likeness (QED) is 0.547. The van der Waals surface area contributed by atoms with Crippen LogP contribution in [0, 0.1) is 6.92 Å². The van der Waals surface area contributed by atoms with Gasteiger partial charge in [-0.2, -0.15) is 11.8 Å².